The molecule has 1 N–H and O–H groups in total. The second-order valence-electron chi connectivity index (χ2n) is 4.46. The monoisotopic (exact) mass is 197 g/mol. The van der Waals surface area contributed by atoms with Gasteiger partial charge in [0.2, 0.25) is 0 Å². The van der Waals surface area contributed by atoms with Gasteiger partial charge in [0.05, 0.1) is 6.61 Å². The van der Waals surface area contributed by atoms with Crippen molar-refractivity contribution in [3.8, 4) is 0 Å². The van der Waals surface area contributed by atoms with Crippen molar-refractivity contribution in [3.63, 3.8) is 0 Å². The first kappa shape index (κ1) is 11.7. The molecule has 1 saturated heterocycles. The summed E-state index contributed by atoms with van der Waals surface area (Å²) in [6, 6.07) is 0.698. The molecule has 0 saturated carbocycles. The highest BCUT2D eigenvalue weighted by atomic mass is 16.2. The molecular weight excluding hydrogens is 174 g/mol. The normalized spacial score (nSPS) is 21.1. The van der Waals surface area contributed by atoms with Crippen molar-refractivity contribution < 1.29 is 5.11 Å². The van der Waals surface area contributed by atoms with Gasteiger partial charge in [0, 0.05) is 6.04 Å². The van der Waals surface area contributed by atoms with E-state index in [9.17, 15) is 0 Å². The highest BCUT2D eigenvalue weighted by molar-refractivity contribution is 4.85. The van der Waals surface area contributed by atoms with Crippen molar-refractivity contribution in [2.45, 2.75) is 39.2 Å². The van der Waals surface area contributed by atoms with Gasteiger partial charge in [-0.05, 0) is 52.1 Å². The molecule has 1 heterocycles. The van der Waals surface area contributed by atoms with Crippen molar-refractivity contribution >= 4 is 0 Å². The molecule has 0 aromatic carbocycles. The first-order valence-electron chi connectivity index (χ1n) is 5.74. The lowest BCUT2D eigenvalue weighted by molar-refractivity contribution is 0.150. The van der Waals surface area contributed by atoms with Gasteiger partial charge < -0.3 is 10.0 Å². The van der Waals surface area contributed by atoms with Crippen LogP contribution in [0.5, 0.6) is 0 Å². The van der Waals surface area contributed by atoms with E-state index in [1.165, 1.54) is 25.9 Å². The third-order valence-corrected chi connectivity index (χ3v) is 3.12. The van der Waals surface area contributed by atoms with Gasteiger partial charge in [-0.2, -0.15) is 0 Å². The first-order chi connectivity index (χ1) is 6.74. The van der Waals surface area contributed by atoms with Gasteiger partial charge in [-0.15, -0.1) is 0 Å². The molecular formula is C12H23NO. The molecule has 0 amide bonds. The molecule has 0 bridgehead atoms. The smallest absolute Gasteiger partial charge is 0.0612 e. The molecule has 0 spiro atoms. The summed E-state index contributed by atoms with van der Waals surface area (Å²) in [6.45, 7) is 7.22. The number of nitrogens with zero attached hydrogens (tertiary/aromatic N) is 1. The number of allylic oxidation sites excluding steroid dienone is 1. The number of hydrogen-bond donors (Lipinski definition) is 1. The van der Waals surface area contributed by atoms with Crippen LogP contribution in [0.4, 0.5) is 0 Å². The van der Waals surface area contributed by atoms with Crippen molar-refractivity contribution in [2.24, 2.45) is 5.92 Å². The van der Waals surface area contributed by atoms with Gasteiger partial charge in [-0.1, -0.05) is 12.2 Å². The van der Waals surface area contributed by atoms with Crippen LogP contribution in [0.15, 0.2) is 12.2 Å². The largest absolute Gasteiger partial charge is 0.392 e. The SMILES string of the molecule is CC(C)N1CCC(C/C=C\CO)CC1. The molecule has 0 unspecified atom stereocenters. The summed E-state index contributed by atoms with van der Waals surface area (Å²) in [5.41, 5.74) is 0. The molecule has 1 aliphatic rings. The second-order valence-corrected chi connectivity index (χ2v) is 4.46. The van der Waals surface area contributed by atoms with Crippen LogP contribution >= 0.6 is 0 Å². The minimum absolute atomic E-state index is 0.185. The number of aliphatic hydroxyl groups is 1. The van der Waals surface area contributed by atoms with Crippen molar-refractivity contribution in [1.29, 1.82) is 0 Å². The number of likely N-dealkylation sites (tertiary alicyclic amines) is 1. The number of rotatable bonds is 4. The van der Waals surface area contributed by atoms with E-state index in [4.69, 9.17) is 5.11 Å². The zero-order chi connectivity index (χ0) is 10.4. The van der Waals surface area contributed by atoms with Crippen LogP contribution in [0.1, 0.15) is 33.1 Å². The van der Waals surface area contributed by atoms with Crippen molar-refractivity contribution in [1.82, 2.24) is 4.90 Å². The van der Waals surface area contributed by atoms with E-state index in [0.29, 0.717) is 6.04 Å². The third kappa shape index (κ3) is 3.81. The van der Waals surface area contributed by atoms with Crippen molar-refractivity contribution in [2.75, 3.05) is 19.7 Å². The molecule has 2 nitrogen and oxygen atoms in total. The summed E-state index contributed by atoms with van der Waals surface area (Å²) in [7, 11) is 0. The molecule has 1 rings (SSSR count). The average Bonchev–Trinajstić information content (AvgIpc) is 2.19. The lowest BCUT2D eigenvalue weighted by Gasteiger charge is -2.34. The summed E-state index contributed by atoms with van der Waals surface area (Å²) in [5, 5.41) is 8.62. The minimum Gasteiger partial charge on any atom is -0.392 e. The quantitative estimate of drug-likeness (QED) is 0.697. The van der Waals surface area contributed by atoms with Crippen LogP contribution in [0.2, 0.25) is 0 Å². The van der Waals surface area contributed by atoms with E-state index in [-0.39, 0.29) is 6.61 Å². The Morgan fingerprint density at radius 2 is 1.93 bits per heavy atom. The second kappa shape index (κ2) is 6.20. The third-order valence-electron chi connectivity index (χ3n) is 3.12. The van der Waals surface area contributed by atoms with E-state index in [1.54, 1.807) is 0 Å². The molecule has 1 fully saturated rings. The van der Waals surface area contributed by atoms with Crippen molar-refractivity contribution in [3.05, 3.63) is 12.2 Å². The van der Waals surface area contributed by atoms with E-state index >= 15 is 0 Å². The lowest BCUT2D eigenvalue weighted by atomic mass is 9.93. The van der Waals surface area contributed by atoms with Crippen LogP contribution in [-0.4, -0.2) is 35.7 Å². The maximum absolute atomic E-state index is 8.62. The fraction of sp³-hybridized carbons (Fsp3) is 0.833. The average molecular weight is 197 g/mol. The number of hydrogen-bond acceptors (Lipinski definition) is 2. The summed E-state index contributed by atoms with van der Waals surface area (Å²) in [5.74, 6) is 0.841. The van der Waals surface area contributed by atoms with E-state index < -0.39 is 0 Å². The predicted molar refractivity (Wildman–Crippen MR) is 60.3 cm³/mol. The summed E-state index contributed by atoms with van der Waals surface area (Å²) in [4.78, 5) is 2.55. The lowest BCUT2D eigenvalue weighted by Crippen LogP contribution is -2.38. The highest BCUT2D eigenvalue weighted by Gasteiger charge is 2.19. The molecule has 0 aromatic heterocycles. The Morgan fingerprint density at radius 1 is 1.29 bits per heavy atom. The Labute approximate surface area is 87.6 Å². The van der Waals surface area contributed by atoms with Gasteiger partial charge in [0.15, 0.2) is 0 Å². The Kier molecular flexibility index (Phi) is 5.20. The Morgan fingerprint density at radius 3 is 2.43 bits per heavy atom. The summed E-state index contributed by atoms with van der Waals surface area (Å²) < 4.78 is 0. The van der Waals surface area contributed by atoms with Crippen LogP contribution < -0.4 is 0 Å². The molecule has 82 valence electrons. The van der Waals surface area contributed by atoms with Gasteiger partial charge in [0.1, 0.15) is 0 Å². The van der Waals surface area contributed by atoms with E-state index in [0.717, 1.165) is 12.3 Å². The van der Waals surface area contributed by atoms with Gasteiger partial charge in [-0.3, -0.25) is 0 Å². The fourth-order valence-corrected chi connectivity index (χ4v) is 2.07. The standard InChI is InChI=1S/C12H23NO/c1-11(2)13-8-6-12(7-9-13)5-3-4-10-14/h3-4,11-12,14H,5-10H2,1-2H3/b4-3-. The van der Waals surface area contributed by atoms with Crippen LogP contribution in [-0.2, 0) is 0 Å². The van der Waals surface area contributed by atoms with Crippen LogP contribution in [0, 0.1) is 5.92 Å². The molecule has 2 heteroatoms. The van der Waals surface area contributed by atoms with Crippen LogP contribution in [0.25, 0.3) is 0 Å². The van der Waals surface area contributed by atoms with Crippen LogP contribution in [0.3, 0.4) is 0 Å². The Balaban J connectivity index is 2.19. The molecule has 0 atom stereocenters. The Bertz CT molecular complexity index is 169. The zero-order valence-corrected chi connectivity index (χ0v) is 9.45. The first-order valence-corrected chi connectivity index (χ1v) is 5.74. The maximum atomic E-state index is 8.62. The summed E-state index contributed by atoms with van der Waals surface area (Å²) in [6.07, 6.45) is 7.75. The topological polar surface area (TPSA) is 23.5 Å². The Hall–Kier alpha value is -0.340. The fourth-order valence-electron chi connectivity index (χ4n) is 2.07. The van der Waals surface area contributed by atoms with E-state index in [2.05, 4.69) is 24.8 Å². The molecule has 0 radical (unpaired) electrons. The molecule has 1 aliphatic heterocycles. The van der Waals surface area contributed by atoms with Gasteiger partial charge in [0.25, 0.3) is 0 Å². The maximum Gasteiger partial charge on any atom is 0.0612 e. The molecule has 14 heavy (non-hydrogen) atoms. The van der Waals surface area contributed by atoms with E-state index in [1.807, 2.05) is 6.08 Å². The molecule has 0 aromatic rings. The number of aliphatic hydroxyl groups excluding tert-OH is 1. The van der Waals surface area contributed by atoms with Gasteiger partial charge >= 0.3 is 0 Å². The molecule has 0 aliphatic carbocycles. The van der Waals surface area contributed by atoms with Gasteiger partial charge in [-0.25, -0.2) is 0 Å². The zero-order valence-electron chi connectivity index (χ0n) is 9.45. The summed E-state index contributed by atoms with van der Waals surface area (Å²) >= 11 is 0. The minimum atomic E-state index is 0.185. The number of piperidine rings is 1. The predicted octanol–water partition coefficient (Wildman–Crippen LogP) is 2.05. The highest BCUT2D eigenvalue weighted by Crippen LogP contribution is 2.21.